The van der Waals surface area contributed by atoms with Crippen molar-refractivity contribution in [2.75, 3.05) is 33.3 Å². The van der Waals surface area contributed by atoms with Gasteiger partial charge >= 0.3 is 6.09 Å². The Balaban J connectivity index is 0.00000116. The lowest BCUT2D eigenvalue weighted by molar-refractivity contribution is -0.123. The Hall–Kier alpha value is -1.88. The second-order valence-electron chi connectivity index (χ2n) is 4.92. The summed E-state index contributed by atoms with van der Waals surface area (Å²) in [5.74, 6) is 0.128. The number of benzene rings is 1. The number of Topliss-reactive ketones (excluding diaryl/α,β-unsaturated/α-hetero) is 1. The maximum atomic E-state index is 12.0. The van der Waals surface area contributed by atoms with Crippen LogP contribution in [0.5, 0.6) is 0 Å². The van der Waals surface area contributed by atoms with Crippen LogP contribution in [0.1, 0.15) is 32.4 Å². The monoisotopic (exact) mass is 306 g/mol. The van der Waals surface area contributed by atoms with E-state index in [-0.39, 0.29) is 17.9 Å². The summed E-state index contributed by atoms with van der Waals surface area (Å²) >= 11 is 0. The lowest BCUT2D eigenvalue weighted by atomic mass is 10.0. The molecule has 122 valence electrons. The van der Waals surface area contributed by atoms with Crippen LogP contribution in [0.3, 0.4) is 0 Å². The molecule has 5 heteroatoms. The van der Waals surface area contributed by atoms with Gasteiger partial charge in [0.1, 0.15) is 0 Å². The molecule has 0 N–H and O–H groups in total. The fourth-order valence-corrected chi connectivity index (χ4v) is 2.63. The SMILES string of the molecule is CC.COC(=O)N1CCN(C(C(C)=O)c2ccccc2)CC1. The normalized spacial score (nSPS) is 16.3. The van der Waals surface area contributed by atoms with Crippen molar-refractivity contribution in [2.45, 2.75) is 26.8 Å². The minimum Gasteiger partial charge on any atom is -0.453 e. The standard InChI is InChI=1S/C15H20N2O3.C2H6/c1-12(18)14(13-6-4-3-5-7-13)16-8-10-17(11-9-16)15(19)20-2;1-2/h3-7,14H,8-11H2,1-2H3;1-2H3. The summed E-state index contributed by atoms with van der Waals surface area (Å²) in [5, 5.41) is 0. The van der Waals surface area contributed by atoms with Crippen LogP contribution in [0.4, 0.5) is 4.79 Å². The van der Waals surface area contributed by atoms with Gasteiger partial charge in [-0.15, -0.1) is 0 Å². The number of hydrogen-bond donors (Lipinski definition) is 0. The maximum Gasteiger partial charge on any atom is 0.409 e. The molecular weight excluding hydrogens is 280 g/mol. The van der Waals surface area contributed by atoms with Crippen LogP contribution in [0.15, 0.2) is 30.3 Å². The number of methoxy groups -OCH3 is 1. The van der Waals surface area contributed by atoms with Crippen molar-refractivity contribution in [3.63, 3.8) is 0 Å². The summed E-state index contributed by atoms with van der Waals surface area (Å²) in [6.45, 7) is 8.14. The van der Waals surface area contributed by atoms with Gasteiger partial charge in [-0.25, -0.2) is 4.79 Å². The Morgan fingerprint density at radius 3 is 2.05 bits per heavy atom. The summed E-state index contributed by atoms with van der Waals surface area (Å²) in [7, 11) is 1.39. The van der Waals surface area contributed by atoms with Crippen molar-refractivity contribution < 1.29 is 14.3 Å². The largest absolute Gasteiger partial charge is 0.453 e. The Labute approximate surface area is 132 Å². The molecule has 0 bridgehead atoms. The van der Waals surface area contributed by atoms with Crippen LogP contribution < -0.4 is 0 Å². The molecule has 1 aromatic carbocycles. The maximum absolute atomic E-state index is 12.0. The molecule has 1 aliphatic rings. The number of ether oxygens (including phenoxy) is 1. The second kappa shape index (κ2) is 9.20. The van der Waals surface area contributed by atoms with Gasteiger partial charge in [0.05, 0.1) is 13.2 Å². The van der Waals surface area contributed by atoms with Gasteiger partial charge in [0.2, 0.25) is 0 Å². The van der Waals surface area contributed by atoms with Gasteiger partial charge in [-0.1, -0.05) is 44.2 Å². The fourth-order valence-electron chi connectivity index (χ4n) is 2.63. The smallest absolute Gasteiger partial charge is 0.409 e. The lowest BCUT2D eigenvalue weighted by Crippen LogP contribution is -2.50. The van der Waals surface area contributed by atoms with Gasteiger partial charge in [-0.3, -0.25) is 9.69 Å². The van der Waals surface area contributed by atoms with E-state index in [2.05, 4.69) is 4.90 Å². The average Bonchev–Trinajstić information content (AvgIpc) is 2.57. The summed E-state index contributed by atoms with van der Waals surface area (Å²) < 4.78 is 4.72. The van der Waals surface area contributed by atoms with Crippen LogP contribution in [0, 0.1) is 0 Å². The third-order valence-electron chi connectivity index (χ3n) is 3.61. The topological polar surface area (TPSA) is 49.9 Å². The second-order valence-corrected chi connectivity index (χ2v) is 4.92. The number of ketones is 1. The molecule has 22 heavy (non-hydrogen) atoms. The van der Waals surface area contributed by atoms with Crippen molar-refractivity contribution in [3.8, 4) is 0 Å². The average molecular weight is 306 g/mol. The van der Waals surface area contributed by atoms with Crippen LogP contribution in [-0.2, 0) is 9.53 Å². The third kappa shape index (κ3) is 4.56. The van der Waals surface area contributed by atoms with Gasteiger partial charge in [-0.05, 0) is 12.5 Å². The number of rotatable bonds is 3. The third-order valence-corrected chi connectivity index (χ3v) is 3.61. The highest BCUT2D eigenvalue weighted by Gasteiger charge is 2.29. The van der Waals surface area contributed by atoms with Crippen molar-refractivity contribution in [1.29, 1.82) is 0 Å². The minimum absolute atomic E-state index is 0.128. The highest BCUT2D eigenvalue weighted by atomic mass is 16.5. The predicted octanol–water partition coefficient (Wildman–Crippen LogP) is 2.73. The van der Waals surface area contributed by atoms with Crippen LogP contribution in [0.25, 0.3) is 0 Å². The molecule has 5 nitrogen and oxygen atoms in total. The molecule has 1 aromatic rings. The highest BCUT2D eigenvalue weighted by molar-refractivity contribution is 5.83. The zero-order valence-electron chi connectivity index (χ0n) is 13.9. The number of hydrogen-bond acceptors (Lipinski definition) is 4. The van der Waals surface area contributed by atoms with Crippen molar-refractivity contribution in [1.82, 2.24) is 9.80 Å². The molecule has 0 aliphatic carbocycles. The Morgan fingerprint density at radius 2 is 1.59 bits per heavy atom. The number of carbonyl (C=O) groups excluding carboxylic acids is 2. The first kappa shape index (κ1) is 18.2. The molecular formula is C17H26N2O3. The minimum atomic E-state index is -0.302. The molecule has 1 amide bonds. The van der Waals surface area contributed by atoms with Crippen LogP contribution >= 0.6 is 0 Å². The van der Waals surface area contributed by atoms with E-state index in [4.69, 9.17) is 4.74 Å². The predicted molar refractivity (Wildman–Crippen MR) is 86.8 cm³/mol. The van der Waals surface area contributed by atoms with E-state index in [9.17, 15) is 9.59 Å². The van der Waals surface area contributed by atoms with Gasteiger partial charge in [0.25, 0.3) is 0 Å². The van der Waals surface area contributed by atoms with Crippen molar-refractivity contribution in [2.24, 2.45) is 0 Å². The molecule has 0 saturated carbocycles. The Bertz CT molecular complexity index is 468. The zero-order valence-corrected chi connectivity index (χ0v) is 13.9. The van der Waals surface area contributed by atoms with Crippen molar-refractivity contribution >= 4 is 11.9 Å². The molecule has 1 unspecified atom stereocenters. The lowest BCUT2D eigenvalue weighted by Gasteiger charge is -2.37. The van der Waals surface area contributed by atoms with E-state index < -0.39 is 0 Å². The molecule has 0 spiro atoms. The van der Waals surface area contributed by atoms with Gasteiger partial charge in [-0.2, -0.15) is 0 Å². The van der Waals surface area contributed by atoms with Gasteiger partial charge < -0.3 is 9.64 Å². The summed E-state index contributed by atoms with van der Waals surface area (Å²) in [4.78, 5) is 27.2. The van der Waals surface area contributed by atoms with E-state index in [1.54, 1.807) is 11.8 Å². The molecule has 0 aromatic heterocycles. The zero-order chi connectivity index (χ0) is 16.5. The first-order valence-corrected chi connectivity index (χ1v) is 7.76. The summed E-state index contributed by atoms with van der Waals surface area (Å²) in [6.07, 6.45) is -0.302. The molecule has 0 radical (unpaired) electrons. The highest BCUT2D eigenvalue weighted by Crippen LogP contribution is 2.23. The fraction of sp³-hybridized carbons (Fsp3) is 0.529. The molecule has 1 aliphatic heterocycles. The van der Waals surface area contributed by atoms with Crippen LogP contribution in [-0.4, -0.2) is 55.0 Å². The first-order chi connectivity index (χ1) is 10.6. The van der Waals surface area contributed by atoms with Crippen LogP contribution in [0.2, 0.25) is 0 Å². The molecule has 2 rings (SSSR count). The summed E-state index contributed by atoms with van der Waals surface area (Å²) in [5.41, 5.74) is 1.01. The van der Waals surface area contributed by atoms with Crippen molar-refractivity contribution in [3.05, 3.63) is 35.9 Å². The van der Waals surface area contributed by atoms with E-state index in [0.29, 0.717) is 26.2 Å². The van der Waals surface area contributed by atoms with E-state index >= 15 is 0 Å². The number of piperazine rings is 1. The van der Waals surface area contributed by atoms with E-state index in [1.807, 2.05) is 44.2 Å². The first-order valence-electron chi connectivity index (χ1n) is 7.76. The quantitative estimate of drug-likeness (QED) is 0.861. The van der Waals surface area contributed by atoms with Gasteiger partial charge in [0.15, 0.2) is 5.78 Å². The Kier molecular flexibility index (Phi) is 7.60. The molecule has 1 fully saturated rings. The molecule has 1 heterocycles. The molecule has 1 saturated heterocycles. The summed E-state index contributed by atoms with van der Waals surface area (Å²) in [6, 6.07) is 9.54. The number of carbonyl (C=O) groups is 2. The van der Waals surface area contributed by atoms with Gasteiger partial charge in [0, 0.05) is 26.2 Å². The molecule has 1 atom stereocenters. The van der Waals surface area contributed by atoms with E-state index in [0.717, 1.165) is 5.56 Å². The number of amides is 1. The van der Waals surface area contributed by atoms with E-state index in [1.165, 1.54) is 7.11 Å². The number of nitrogens with zero attached hydrogens (tertiary/aromatic N) is 2. The Morgan fingerprint density at radius 1 is 1.05 bits per heavy atom.